The van der Waals surface area contributed by atoms with E-state index >= 15 is 0 Å². The highest BCUT2D eigenvalue weighted by molar-refractivity contribution is 7.12. The maximum absolute atomic E-state index is 12.9. The monoisotopic (exact) mass is 335 g/mol. The van der Waals surface area contributed by atoms with Crippen LogP contribution >= 0.6 is 11.3 Å². The van der Waals surface area contributed by atoms with Crippen molar-refractivity contribution in [3.63, 3.8) is 0 Å². The van der Waals surface area contributed by atoms with Gasteiger partial charge in [0, 0.05) is 25.1 Å². The molecule has 0 bridgehead atoms. The fourth-order valence-electron chi connectivity index (χ4n) is 3.76. The molecule has 3 rings (SSSR count). The Morgan fingerprint density at radius 2 is 2.52 bits per heavy atom. The number of piperidine rings is 1. The molecule has 2 unspecified atom stereocenters. The van der Waals surface area contributed by atoms with Crippen molar-refractivity contribution in [2.45, 2.75) is 32.3 Å². The lowest BCUT2D eigenvalue weighted by atomic mass is 9.73. The molecular weight excluding hydrogens is 310 g/mol. The van der Waals surface area contributed by atoms with Crippen molar-refractivity contribution in [1.82, 2.24) is 4.90 Å². The molecule has 2 saturated heterocycles. The lowest BCUT2D eigenvalue weighted by Crippen LogP contribution is -2.58. The largest absolute Gasteiger partial charge is 0.377 e. The number of amides is 1. The predicted molar refractivity (Wildman–Crippen MR) is 92.0 cm³/mol. The number of hydrogen-bond donors (Lipinski definition) is 0. The molecule has 0 N–H and O–H groups in total. The summed E-state index contributed by atoms with van der Waals surface area (Å²) >= 11 is 1.53. The van der Waals surface area contributed by atoms with Crippen LogP contribution in [0.25, 0.3) is 0 Å². The van der Waals surface area contributed by atoms with Gasteiger partial charge in [0.15, 0.2) is 0 Å². The molecule has 2 atom stereocenters. The molecule has 23 heavy (non-hydrogen) atoms. The third-order valence-corrected chi connectivity index (χ3v) is 5.96. The first-order valence-corrected chi connectivity index (χ1v) is 9.18. The first-order chi connectivity index (χ1) is 11.2. The first kappa shape index (κ1) is 16.7. The molecule has 3 heterocycles. The van der Waals surface area contributed by atoms with Gasteiger partial charge in [0.1, 0.15) is 0 Å². The van der Waals surface area contributed by atoms with Crippen LogP contribution in [0.3, 0.4) is 0 Å². The van der Waals surface area contributed by atoms with Gasteiger partial charge >= 0.3 is 0 Å². The number of hydrogen-bond acceptors (Lipinski definition) is 4. The van der Waals surface area contributed by atoms with Crippen LogP contribution in [0.5, 0.6) is 0 Å². The molecule has 0 radical (unpaired) electrons. The van der Waals surface area contributed by atoms with Gasteiger partial charge in [-0.05, 0) is 43.2 Å². The average molecular weight is 335 g/mol. The molecule has 2 aliphatic heterocycles. The van der Waals surface area contributed by atoms with Crippen LogP contribution in [0.1, 0.15) is 34.5 Å². The first-order valence-electron chi connectivity index (χ1n) is 8.30. The zero-order valence-corrected chi connectivity index (χ0v) is 14.6. The second kappa shape index (κ2) is 7.16. The Bertz CT molecular complexity index is 570. The average Bonchev–Trinajstić information content (AvgIpc) is 3.00. The molecule has 2 fully saturated rings. The van der Waals surface area contributed by atoms with Crippen LogP contribution < -0.4 is 0 Å². The Labute approximate surface area is 142 Å². The van der Waals surface area contributed by atoms with Crippen LogP contribution in [0, 0.1) is 12.3 Å². The van der Waals surface area contributed by atoms with E-state index in [0.29, 0.717) is 13.2 Å². The van der Waals surface area contributed by atoms with Crippen molar-refractivity contribution in [3.8, 4) is 0 Å². The summed E-state index contributed by atoms with van der Waals surface area (Å²) in [6, 6.07) is 2.01. The van der Waals surface area contributed by atoms with E-state index in [9.17, 15) is 4.79 Å². The highest BCUT2D eigenvalue weighted by Gasteiger charge is 2.47. The third kappa shape index (κ3) is 3.37. The van der Waals surface area contributed by atoms with Crippen molar-refractivity contribution in [1.29, 1.82) is 0 Å². The molecule has 4 nitrogen and oxygen atoms in total. The van der Waals surface area contributed by atoms with E-state index in [2.05, 4.69) is 6.58 Å². The Hall–Kier alpha value is -1.17. The van der Waals surface area contributed by atoms with Gasteiger partial charge < -0.3 is 14.4 Å². The molecule has 5 heteroatoms. The number of fused-ring (bicyclic) bond motifs is 1. The van der Waals surface area contributed by atoms with Crippen molar-refractivity contribution >= 4 is 17.2 Å². The summed E-state index contributed by atoms with van der Waals surface area (Å²) in [5.74, 6) is 0.157. The molecule has 1 aromatic heterocycles. The number of rotatable bonds is 5. The van der Waals surface area contributed by atoms with Crippen molar-refractivity contribution in [2.75, 3.05) is 32.9 Å². The summed E-state index contributed by atoms with van der Waals surface area (Å²) in [5.41, 5.74) is 0.999. The Balaban J connectivity index is 1.76. The summed E-state index contributed by atoms with van der Waals surface area (Å²) < 4.78 is 11.8. The maximum atomic E-state index is 12.9. The van der Waals surface area contributed by atoms with Crippen molar-refractivity contribution in [2.24, 2.45) is 5.41 Å². The normalized spacial score (nSPS) is 27.5. The summed E-state index contributed by atoms with van der Waals surface area (Å²) in [4.78, 5) is 15.7. The maximum Gasteiger partial charge on any atom is 0.264 e. The smallest absolute Gasteiger partial charge is 0.264 e. The molecule has 0 saturated carbocycles. The highest BCUT2D eigenvalue weighted by Crippen LogP contribution is 2.41. The molecular formula is C18H25NO3S. The van der Waals surface area contributed by atoms with Gasteiger partial charge in [-0.1, -0.05) is 6.08 Å². The van der Waals surface area contributed by atoms with Crippen LogP contribution in [-0.2, 0) is 9.47 Å². The van der Waals surface area contributed by atoms with Crippen molar-refractivity contribution in [3.05, 3.63) is 34.5 Å². The molecule has 126 valence electrons. The molecule has 0 aromatic carbocycles. The van der Waals surface area contributed by atoms with Gasteiger partial charge in [0.25, 0.3) is 5.91 Å². The number of likely N-dealkylation sites (tertiary alicyclic amines) is 1. The van der Waals surface area contributed by atoms with Gasteiger partial charge in [-0.3, -0.25) is 4.79 Å². The third-order valence-electron chi connectivity index (χ3n) is 4.96. The molecule has 1 aromatic rings. The van der Waals surface area contributed by atoms with Gasteiger partial charge in [-0.2, -0.15) is 0 Å². The van der Waals surface area contributed by atoms with Gasteiger partial charge in [-0.15, -0.1) is 17.9 Å². The van der Waals surface area contributed by atoms with E-state index in [4.69, 9.17) is 9.47 Å². The van der Waals surface area contributed by atoms with Crippen LogP contribution in [0.15, 0.2) is 24.1 Å². The second-order valence-electron chi connectivity index (χ2n) is 6.58. The molecule has 0 aliphatic carbocycles. The predicted octanol–water partition coefficient (Wildman–Crippen LogP) is 3.27. The number of ether oxygens (including phenoxy) is 2. The standard InChI is InChI=1S/C18H25NO3S/c1-3-9-21-13-18-7-4-10-22-15(18)5-8-19(12-18)17(20)16-14(2)6-11-23-16/h3,6,11,15H,1,4-5,7-10,12-13H2,2H3. The fraction of sp³-hybridized carbons (Fsp3) is 0.611. The zero-order valence-electron chi connectivity index (χ0n) is 13.8. The number of aryl methyl sites for hydroxylation is 1. The minimum atomic E-state index is -0.0691. The van der Waals surface area contributed by atoms with E-state index < -0.39 is 0 Å². The molecule has 1 amide bonds. The summed E-state index contributed by atoms with van der Waals surface area (Å²) in [6.45, 7) is 9.22. The zero-order chi connectivity index (χ0) is 16.3. The number of thiophene rings is 1. The van der Waals surface area contributed by atoms with E-state index in [1.54, 1.807) is 6.08 Å². The molecule has 2 aliphatic rings. The van der Waals surface area contributed by atoms with Crippen LogP contribution in [0.4, 0.5) is 0 Å². The lowest BCUT2D eigenvalue weighted by molar-refractivity contribution is -0.144. The van der Waals surface area contributed by atoms with E-state index in [0.717, 1.165) is 49.4 Å². The van der Waals surface area contributed by atoms with Gasteiger partial charge in [0.05, 0.1) is 24.2 Å². The van der Waals surface area contributed by atoms with Crippen LogP contribution in [0.2, 0.25) is 0 Å². The van der Waals surface area contributed by atoms with Gasteiger partial charge in [-0.25, -0.2) is 0 Å². The van der Waals surface area contributed by atoms with E-state index in [-0.39, 0.29) is 17.4 Å². The number of carbonyl (C=O) groups excluding carboxylic acids is 1. The SMILES string of the molecule is C=CCOCC12CCCOC1CCN(C(=O)c1sccc1C)C2. The quantitative estimate of drug-likeness (QED) is 0.612. The van der Waals surface area contributed by atoms with E-state index in [1.807, 2.05) is 23.3 Å². The second-order valence-corrected chi connectivity index (χ2v) is 7.49. The Morgan fingerprint density at radius 1 is 1.65 bits per heavy atom. The summed E-state index contributed by atoms with van der Waals surface area (Å²) in [5, 5.41) is 1.99. The van der Waals surface area contributed by atoms with Crippen molar-refractivity contribution < 1.29 is 14.3 Å². The summed E-state index contributed by atoms with van der Waals surface area (Å²) in [7, 11) is 0. The highest BCUT2D eigenvalue weighted by atomic mass is 32.1. The topological polar surface area (TPSA) is 38.8 Å². The summed E-state index contributed by atoms with van der Waals surface area (Å²) in [6.07, 6.45) is 4.97. The molecule has 0 spiro atoms. The van der Waals surface area contributed by atoms with E-state index in [1.165, 1.54) is 11.3 Å². The number of carbonyl (C=O) groups is 1. The van der Waals surface area contributed by atoms with Crippen LogP contribution in [-0.4, -0.2) is 49.8 Å². The Morgan fingerprint density at radius 3 is 3.26 bits per heavy atom. The minimum Gasteiger partial charge on any atom is -0.377 e. The minimum absolute atomic E-state index is 0.0691. The number of nitrogens with zero attached hydrogens (tertiary/aromatic N) is 1. The lowest BCUT2D eigenvalue weighted by Gasteiger charge is -2.50. The fourth-order valence-corrected chi connectivity index (χ4v) is 4.65. The van der Waals surface area contributed by atoms with Gasteiger partial charge in [0.2, 0.25) is 0 Å². The Kier molecular flexibility index (Phi) is 5.19.